The topological polar surface area (TPSA) is 9.23 Å². The van der Waals surface area contributed by atoms with Crippen molar-refractivity contribution in [2.24, 2.45) is 0 Å². The van der Waals surface area contributed by atoms with E-state index in [2.05, 4.69) is 27.8 Å². The van der Waals surface area contributed by atoms with Crippen LogP contribution >= 0.6 is 15.9 Å². The molecule has 0 aliphatic carbocycles. The van der Waals surface area contributed by atoms with Crippen molar-refractivity contribution < 1.29 is 4.74 Å². The molecule has 0 radical (unpaired) electrons. The Kier molecular flexibility index (Phi) is 4.01. The predicted octanol–water partition coefficient (Wildman–Crippen LogP) is 2.84. The van der Waals surface area contributed by atoms with Gasteiger partial charge in [-0.2, -0.15) is 0 Å². The number of halogens is 1. The number of rotatable bonds is 1. The Morgan fingerprint density at radius 1 is 1.31 bits per heavy atom. The Hall–Kier alpha value is -0.780. The Bertz CT molecular complexity index is 318. The van der Waals surface area contributed by atoms with Gasteiger partial charge in [-0.1, -0.05) is 27.8 Å². The van der Waals surface area contributed by atoms with Crippen LogP contribution in [0.5, 0.6) is 0 Å². The zero-order chi connectivity index (χ0) is 9.68. The van der Waals surface area contributed by atoms with E-state index in [0.717, 1.165) is 10.0 Å². The Labute approximate surface area is 87.2 Å². The third-order valence-corrected chi connectivity index (χ3v) is 2.15. The smallest absolute Gasteiger partial charge is 0.115 e. The van der Waals surface area contributed by atoms with Crippen molar-refractivity contribution >= 4 is 15.9 Å². The molecule has 0 saturated heterocycles. The van der Waals surface area contributed by atoms with Crippen LogP contribution in [0.1, 0.15) is 12.5 Å². The van der Waals surface area contributed by atoms with Crippen LogP contribution in [0.3, 0.4) is 0 Å². The molecule has 1 aromatic rings. The van der Waals surface area contributed by atoms with Gasteiger partial charge in [0.05, 0.1) is 0 Å². The molecule has 1 rings (SSSR count). The van der Waals surface area contributed by atoms with Crippen molar-refractivity contribution in [2.45, 2.75) is 13.0 Å². The maximum Gasteiger partial charge on any atom is 0.115 e. The molecule has 0 heterocycles. The second-order valence-corrected chi connectivity index (χ2v) is 3.57. The molecule has 1 atom stereocenters. The SMILES string of the molecule is COC(C)C#Cc1ccc(Br)cc1. The van der Waals surface area contributed by atoms with Crippen molar-refractivity contribution in [2.75, 3.05) is 7.11 Å². The summed E-state index contributed by atoms with van der Waals surface area (Å²) in [5.41, 5.74) is 1.01. The van der Waals surface area contributed by atoms with Gasteiger partial charge in [-0.25, -0.2) is 0 Å². The van der Waals surface area contributed by atoms with Crippen molar-refractivity contribution in [3.05, 3.63) is 34.3 Å². The highest BCUT2D eigenvalue weighted by atomic mass is 79.9. The highest BCUT2D eigenvalue weighted by Gasteiger charge is 1.90. The lowest BCUT2D eigenvalue weighted by molar-refractivity contribution is 0.163. The van der Waals surface area contributed by atoms with Gasteiger partial charge < -0.3 is 4.74 Å². The number of hydrogen-bond acceptors (Lipinski definition) is 1. The van der Waals surface area contributed by atoms with E-state index in [0.29, 0.717) is 0 Å². The van der Waals surface area contributed by atoms with Gasteiger partial charge in [-0.05, 0) is 31.2 Å². The summed E-state index contributed by atoms with van der Waals surface area (Å²) in [5, 5.41) is 0. The molecule has 13 heavy (non-hydrogen) atoms. The maximum absolute atomic E-state index is 5.01. The first-order valence-corrected chi connectivity index (χ1v) is 4.81. The summed E-state index contributed by atoms with van der Waals surface area (Å²) >= 11 is 3.37. The molecule has 0 amide bonds. The van der Waals surface area contributed by atoms with Crippen LogP contribution in [0.15, 0.2) is 28.7 Å². The first-order chi connectivity index (χ1) is 6.22. The van der Waals surface area contributed by atoms with E-state index >= 15 is 0 Å². The fraction of sp³-hybridized carbons (Fsp3) is 0.273. The van der Waals surface area contributed by atoms with Crippen molar-refractivity contribution in [3.8, 4) is 11.8 Å². The minimum absolute atomic E-state index is 0.0105. The van der Waals surface area contributed by atoms with Gasteiger partial charge in [0, 0.05) is 17.1 Å². The van der Waals surface area contributed by atoms with Crippen LogP contribution < -0.4 is 0 Å². The van der Waals surface area contributed by atoms with E-state index in [1.54, 1.807) is 7.11 Å². The van der Waals surface area contributed by atoms with Crippen LogP contribution in [0.2, 0.25) is 0 Å². The molecule has 2 heteroatoms. The minimum atomic E-state index is -0.0105. The molecule has 0 aliphatic heterocycles. The summed E-state index contributed by atoms with van der Waals surface area (Å²) in [6, 6.07) is 7.89. The molecule has 0 N–H and O–H groups in total. The first kappa shape index (κ1) is 10.3. The number of benzene rings is 1. The molecule has 0 aromatic heterocycles. The summed E-state index contributed by atoms with van der Waals surface area (Å²) in [4.78, 5) is 0. The molecule has 0 bridgehead atoms. The molecule has 68 valence electrons. The van der Waals surface area contributed by atoms with Gasteiger partial charge in [0.15, 0.2) is 0 Å². The van der Waals surface area contributed by atoms with E-state index < -0.39 is 0 Å². The fourth-order valence-corrected chi connectivity index (χ4v) is 1.04. The molecule has 0 spiro atoms. The molecule has 1 nitrogen and oxygen atoms in total. The van der Waals surface area contributed by atoms with Crippen molar-refractivity contribution in [1.82, 2.24) is 0 Å². The van der Waals surface area contributed by atoms with Gasteiger partial charge in [-0.3, -0.25) is 0 Å². The molecule has 0 saturated carbocycles. The summed E-state index contributed by atoms with van der Waals surface area (Å²) in [6.07, 6.45) is -0.0105. The highest BCUT2D eigenvalue weighted by Crippen LogP contribution is 2.09. The van der Waals surface area contributed by atoms with Crippen molar-refractivity contribution in [3.63, 3.8) is 0 Å². The zero-order valence-corrected chi connectivity index (χ0v) is 9.26. The fourth-order valence-electron chi connectivity index (χ4n) is 0.777. The lowest BCUT2D eigenvalue weighted by Gasteiger charge is -1.97. The van der Waals surface area contributed by atoms with E-state index in [4.69, 9.17) is 4.74 Å². The number of ether oxygens (including phenoxy) is 1. The standard InChI is InChI=1S/C11H11BrO/c1-9(13-2)3-4-10-5-7-11(12)8-6-10/h5-9H,1-2H3. The van der Waals surface area contributed by atoms with Gasteiger partial charge in [0.25, 0.3) is 0 Å². The molecule has 0 aliphatic rings. The maximum atomic E-state index is 5.01. The second-order valence-electron chi connectivity index (χ2n) is 2.65. The minimum Gasteiger partial charge on any atom is -0.369 e. The van der Waals surface area contributed by atoms with Crippen LogP contribution in [-0.4, -0.2) is 13.2 Å². The third kappa shape index (κ3) is 3.63. The van der Waals surface area contributed by atoms with Gasteiger partial charge in [-0.15, -0.1) is 0 Å². The van der Waals surface area contributed by atoms with E-state index in [9.17, 15) is 0 Å². The third-order valence-electron chi connectivity index (χ3n) is 1.62. The van der Waals surface area contributed by atoms with Crippen molar-refractivity contribution in [1.29, 1.82) is 0 Å². The van der Waals surface area contributed by atoms with Gasteiger partial charge in [0.2, 0.25) is 0 Å². The largest absolute Gasteiger partial charge is 0.369 e. The number of hydrogen-bond donors (Lipinski definition) is 0. The van der Waals surface area contributed by atoms with Gasteiger partial charge in [0.1, 0.15) is 6.10 Å². The zero-order valence-electron chi connectivity index (χ0n) is 7.67. The lowest BCUT2D eigenvalue weighted by Crippen LogP contribution is -1.99. The summed E-state index contributed by atoms with van der Waals surface area (Å²) in [7, 11) is 1.65. The van der Waals surface area contributed by atoms with Crippen LogP contribution in [0, 0.1) is 11.8 Å². The Morgan fingerprint density at radius 2 is 1.92 bits per heavy atom. The molecular weight excluding hydrogens is 228 g/mol. The Balaban J connectivity index is 2.72. The summed E-state index contributed by atoms with van der Waals surface area (Å²) in [5.74, 6) is 6.01. The highest BCUT2D eigenvalue weighted by molar-refractivity contribution is 9.10. The predicted molar refractivity (Wildman–Crippen MR) is 57.5 cm³/mol. The van der Waals surface area contributed by atoms with Gasteiger partial charge >= 0.3 is 0 Å². The molecule has 1 aromatic carbocycles. The van der Waals surface area contributed by atoms with Crippen LogP contribution in [-0.2, 0) is 4.74 Å². The normalized spacial score (nSPS) is 11.6. The van der Waals surface area contributed by atoms with E-state index in [1.807, 2.05) is 31.2 Å². The lowest BCUT2D eigenvalue weighted by atomic mass is 10.2. The van der Waals surface area contributed by atoms with Crippen LogP contribution in [0.4, 0.5) is 0 Å². The average molecular weight is 239 g/mol. The Morgan fingerprint density at radius 3 is 2.46 bits per heavy atom. The summed E-state index contributed by atoms with van der Waals surface area (Å²) < 4.78 is 6.08. The van der Waals surface area contributed by atoms with E-state index in [1.165, 1.54) is 0 Å². The number of methoxy groups -OCH3 is 1. The first-order valence-electron chi connectivity index (χ1n) is 4.02. The average Bonchev–Trinajstić information content (AvgIpc) is 2.16. The van der Waals surface area contributed by atoms with Crippen LogP contribution in [0.25, 0.3) is 0 Å². The summed E-state index contributed by atoms with van der Waals surface area (Å²) in [6.45, 7) is 1.92. The monoisotopic (exact) mass is 238 g/mol. The van der Waals surface area contributed by atoms with E-state index in [-0.39, 0.29) is 6.10 Å². The second kappa shape index (κ2) is 5.06. The molecule has 0 fully saturated rings. The molecule has 1 unspecified atom stereocenters. The molecular formula is C11H11BrO. The quantitative estimate of drug-likeness (QED) is 0.684.